The molecule has 1 heterocycles. The van der Waals surface area contributed by atoms with Gasteiger partial charge in [0.2, 0.25) is 0 Å². The van der Waals surface area contributed by atoms with Crippen molar-refractivity contribution in [3.05, 3.63) is 33.9 Å². The second kappa shape index (κ2) is 8.37. The van der Waals surface area contributed by atoms with E-state index < -0.39 is 62.0 Å². The van der Waals surface area contributed by atoms with Crippen molar-refractivity contribution in [1.29, 1.82) is 0 Å². The highest BCUT2D eigenvalue weighted by Crippen LogP contribution is 2.44. The molecule has 1 aromatic carbocycles. The molecule has 0 unspecified atom stereocenters. The van der Waals surface area contributed by atoms with E-state index >= 15 is 0 Å². The van der Waals surface area contributed by atoms with Crippen LogP contribution < -0.4 is 0 Å². The maximum atomic E-state index is 12.9. The summed E-state index contributed by atoms with van der Waals surface area (Å²) in [7, 11) is 0. The molecule has 29 heavy (non-hydrogen) atoms. The Balaban J connectivity index is 1.96. The molecule has 9 nitrogen and oxygen atoms in total. The lowest BCUT2D eigenvalue weighted by molar-refractivity contribution is -0.314. The summed E-state index contributed by atoms with van der Waals surface area (Å²) in [4.78, 5) is 12.9. The Bertz CT molecular complexity index is 778. The van der Waals surface area contributed by atoms with Crippen LogP contribution in [0.3, 0.4) is 0 Å². The van der Waals surface area contributed by atoms with Gasteiger partial charge in [-0.1, -0.05) is 13.0 Å². The Morgan fingerprint density at radius 2 is 1.79 bits per heavy atom. The first-order valence-electron chi connectivity index (χ1n) is 9.57. The fourth-order valence-electron chi connectivity index (χ4n) is 4.34. The highest BCUT2D eigenvalue weighted by atomic mass is 16.7. The SMILES string of the molecule is Cc1cc2c(c(C)c1[C@H](O)CO)C(=O)[C@H](C)[C@H]2O[C@@H]1O[C@H](CO)[C@@H](O)[C@H](O)[C@H]1O. The second-order valence-electron chi connectivity index (χ2n) is 7.80. The first kappa shape index (κ1) is 22.3. The number of benzene rings is 1. The van der Waals surface area contributed by atoms with Crippen LogP contribution in [0.1, 0.15) is 51.7 Å². The normalized spacial score (nSPS) is 35.6. The van der Waals surface area contributed by atoms with Crippen LogP contribution in [0.2, 0.25) is 0 Å². The molecule has 3 rings (SSSR count). The summed E-state index contributed by atoms with van der Waals surface area (Å²) >= 11 is 0. The molecule has 0 spiro atoms. The molecule has 0 aromatic heterocycles. The van der Waals surface area contributed by atoms with Gasteiger partial charge >= 0.3 is 0 Å². The van der Waals surface area contributed by atoms with Crippen molar-refractivity contribution in [3.63, 3.8) is 0 Å². The number of aliphatic hydroxyl groups is 6. The van der Waals surface area contributed by atoms with E-state index in [4.69, 9.17) is 9.47 Å². The summed E-state index contributed by atoms with van der Waals surface area (Å²) < 4.78 is 11.3. The second-order valence-corrected chi connectivity index (χ2v) is 7.80. The van der Waals surface area contributed by atoms with Crippen molar-refractivity contribution < 1.29 is 44.9 Å². The monoisotopic (exact) mass is 412 g/mol. The van der Waals surface area contributed by atoms with E-state index in [0.29, 0.717) is 27.8 Å². The number of ketones is 1. The smallest absolute Gasteiger partial charge is 0.187 e. The zero-order valence-electron chi connectivity index (χ0n) is 16.5. The quantitative estimate of drug-likeness (QED) is 0.358. The maximum Gasteiger partial charge on any atom is 0.187 e. The van der Waals surface area contributed by atoms with Gasteiger partial charge in [0.05, 0.1) is 25.2 Å². The van der Waals surface area contributed by atoms with Crippen LogP contribution in [-0.4, -0.2) is 80.3 Å². The number of aryl methyl sites for hydroxylation is 1. The molecule has 2 aliphatic rings. The van der Waals surface area contributed by atoms with Gasteiger partial charge in [-0.25, -0.2) is 0 Å². The third-order valence-electron chi connectivity index (χ3n) is 5.92. The summed E-state index contributed by atoms with van der Waals surface area (Å²) in [6, 6.07) is 1.70. The third-order valence-corrected chi connectivity index (χ3v) is 5.92. The molecule has 6 N–H and O–H groups in total. The lowest BCUT2D eigenvalue weighted by Gasteiger charge is -2.41. The average molecular weight is 412 g/mol. The molecule has 1 fully saturated rings. The van der Waals surface area contributed by atoms with Crippen LogP contribution in [0.25, 0.3) is 0 Å². The standard InChI is InChI=1S/C20H28O9/c1-7-4-10-14(8(2)13(7)11(23)5-21)15(24)9(3)19(10)29-20-18(27)17(26)16(25)12(6-22)28-20/h4,9,11-12,16-23,25-27H,5-6H2,1-3H3/t9-,11+,12+,16+,17-,18+,19+,20-/m0/s1. The molecule has 9 heteroatoms. The fraction of sp³-hybridized carbons (Fsp3) is 0.650. The largest absolute Gasteiger partial charge is 0.394 e. The number of fused-ring (bicyclic) bond motifs is 1. The van der Waals surface area contributed by atoms with Gasteiger partial charge in [0.25, 0.3) is 0 Å². The van der Waals surface area contributed by atoms with Gasteiger partial charge in [-0.05, 0) is 36.1 Å². The molecule has 1 aliphatic carbocycles. The highest BCUT2D eigenvalue weighted by Gasteiger charge is 2.48. The summed E-state index contributed by atoms with van der Waals surface area (Å²) in [5, 5.41) is 58.9. The summed E-state index contributed by atoms with van der Waals surface area (Å²) in [5.41, 5.74) is 2.66. The third kappa shape index (κ3) is 3.62. The molecular formula is C20H28O9. The number of hydrogen-bond donors (Lipinski definition) is 6. The maximum absolute atomic E-state index is 12.9. The highest BCUT2D eigenvalue weighted by molar-refractivity contribution is 6.04. The van der Waals surface area contributed by atoms with E-state index in [2.05, 4.69) is 0 Å². The molecule has 0 saturated carbocycles. The molecular weight excluding hydrogens is 384 g/mol. The van der Waals surface area contributed by atoms with Crippen molar-refractivity contribution >= 4 is 5.78 Å². The lowest BCUT2D eigenvalue weighted by Crippen LogP contribution is -2.59. The zero-order valence-corrected chi connectivity index (χ0v) is 16.5. The molecule has 0 bridgehead atoms. The molecule has 1 saturated heterocycles. The van der Waals surface area contributed by atoms with Crippen LogP contribution in [0.4, 0.5) is 0 Å². The molecule has 0 amide bonds. The van der Waals surface area contributed by atoms with Gasteiger partial charge in [0, 0.05) is 5.56 Å². The number of ether oxygens (including phenoxy) is 2. The first-order valence-corrected chi connectivity index (χ1v) is 9.57. The van der Waals surface area contributed by atoms with Gasteiger partial charge < -0.3 is 40.1 Å². The van der Waals surface area contributed by atoms with Gasteiger partial charge in [-0.15, -0.1) is 0 Å². The van der Waals surface area contributed by atoms with Crippen LogP contribution in [0.15, 0.2) is 6.07 Å². The molecule has 0 radical (unpaired) electrons. The first-order chi connectivity index (χ1) is 13.6. The van der Waals surface area contributed by atoms with E-state index in [1.807, 2.05) is 0 Å². The summed E-state index contributed by atoms with van der Waals surface area (Å²) in [6.07, 6.45) is -9.04. The van der Waals surface area contributed by atoms with Crippen molar-refractivity contribution in [1.82, 2.24) is 0 Å². The van der Waals surface area contributed by atoms with Crippen molar-refractivity contribution in [2.45, 2.75) is 63.7 Å². The Kier molecular flexibility index (Phi) is 6.42. The Labute approximate surface area is 168 Å². The zero-order chi connectivity index (χ0) is 21.6. The van der Waals surface area contributed by atoms with Crippen LogP contribution in [0.5, 0.6) is 0 Å². The van der Waals surface area contributed by atoms with E-state index in [9.17, 15) is 35.4 Å². The van der Waals surface area contributed by atoms with Gasteiger partial charge in [-0.2, -0.15) is 0 Å². The Hall–Kier alpha value is -1.43. The summed E-state index contributed by atoms with van der Waals surface area (Å²) in [5.74, 6) is -0.838. The molecule has 1 aromatic rings. The van der Waals surface area contributed by atoms with Crippen LogP contribution >= 0.6 is 0 Å². The predicted octanol–water partition coefficient (Wildman–Crippen LogP) is -0.981. The van der Waals surface area contributed by atoms with Crippen molar-refractivity contribution in [2.75, 3.05) is 13.2 Å². The van der Waals surface area contributed by atoms with Crippen LogP contribution in [0, 0.1) is 19.8 Å². The minimum atomic E-state index is -1.58. The molecule has 162 valence electrons. The Morgan fingerprint density at radius 1 is 1.14 bits per heavy atom. The van der Waals surface area contributed by atoms with E-state index in [1.165, 1.54) is 0 Å². The fourth-order valence-corrected chi connectivity index (χ4v) is 4.34. The van der Waals surface area contributed by atoms with Gasteiger partial charge in [0.15, 0.2) is 12.1 Å². The minimum Gasteiger partial charge on any atom is -0.394 e. The van der Waals surface area contributed by atoms with Gasteiger partial charge in [0.1, 0.15) is 30.5 Å². The minimum absolute atomic E-state index is 0.210. The lowest BCUT2D eigenvalue weighted by atomic mass is 9.91. The molecule has 8 atom stereocenters. The predicted molar refractivity (Wildman–Crippen MR) is 99.0 cm³/mol. The summed E-state index contributed by atoms with van der Waals surface area (Å²) in [6.45, 7) is 4.05. The average Bonchev–Trinajstić information content (AvgIpc) is 2.92. The van der Waals surface area contributed by atoms with Crippen molar-refractivity contribution in [2.24, 2.45) is 5.92 Å². The Morgan fingerprint density at radius 3 is 2.38 bits per heavy atom. The van der Waals surface area contributed by atoms with E-state index in [1.54, 1.807) is 26.8 Å². The number of carbonyl (C=O) groups is 1. The number of Topliss-reactive ketones (excluding diaryl/α,β-unsaturated/α-hetero) is 1. The van der Waals surface area contributed by atoms with E-state index in [-0.39, 0.29) is 5.78 Å². The van der Waals surface area contributed by atoms with E-state index in [0.717, 1.165) is 0 Å². The number of hydrogen-bond acceptors (Lipinski definition) is 9. The number of aliphatic hydroxyl groups excluding tert-OH is 6. The topological polar surface area (TPSA) is 157 Å². The number of carbonyl (C=O) groups excluding carboxylic acids is 1. The number of rotatable bonds is 5. The van der Waals surface area contributed by atoms with Crippen molar-refractivity contribution in [3.8, 4) is 0 Å². The van der Waals surface area contributed by atoms with Crippen LogP contribution in [-0.2, 0) is 9.47 Å². The molecule has 1 aliphatic heterocycles. The van der Waals surface area contributed by atoms with Gasteiger partial charge in [-0.3, -0.25) is 4.79 Å².